The Bertz CT molecular complexity index is 396. The van der Waals surface area contributed by atoms with Crippen LogP contribution in [-0.2, 0) is 4.74 Å². The molecular weight excluding hydrogens is 234 g/mol. The molecule has 6 nitrogen and oxygen atoms in total. The Labute approximate surface area is 107 Å². The molecule has 1 aromatic rings. The Morgan fingerprint density at radius 2 is 2.28 bits per heavy atom. The highest BCUT2D eigenvalue weighted by Crippen LogP contribution is 2.17. The number of nitro groups is 1. The Balaban J connectivity index is 2.36. The van der Waals surface area contributed by atoms with Gasteiger partial charge in [-0.3, -0.25) is 10.1 Å². The van der Waals surface area contributed by atoms with Gasteiger partial charge < -0.3 is 10.1 Å². The zero-order valence-corrected chi connectivity index (χ0v) is 10.8. The fourth-order valence-electron chi connectivity index (χ4n) is 1.47. The molecular formula is C12H19N3O3. The molecule has 0 aliphatic rings. The van der Waals surface area contributed by atoms with Crippen molar-refractivity contribution in [3.8, 4) is 0 Å². The number of anilines is 1. The molecule has 0 unspecified atom stereocenters. The van der Waals surface area contributed by atoms with Gasteiger partial charge in [0, 0.05) is 25.8 Å². The van der Waals surface area contributed by atoms with E-state index in [0.29, 0.717) is 12.4 Å². The number of hydrogen-bond acceptors (Lipinski definition) is 5. The lowest BCUT2D eigenvalue weighted by Crippen LogP contribution is -2.08. The van der Waals surface area contributed by atoms with E-state index in [4.69, 9.17) is 4.74 Å². The first-order valence-electron chi connectivity index (χ1n) is 6.07. The summed E-state index contributed by atoms with van der Waals surface area (Å²) in [6, 6.07) is 1.52. The number of nitrogens with zero attached hydrogens (tertiary/aromatic N) is 2. The summed E-state index contributed by atoms with van der Waals surface area (Å²) in [7, 11) is 0. The predicted molar refractivity (Wildman–Crippen MR) is 69.8 cm³/mol. The summed E-state index contributed by atoms with van der Waals surface area (Å²) in [6.45, 7) is 6.12. The first-order chi connectivity index (χ1) is 8.65. The van der Waals surface area contributed by atoms with Crippen LogP contribution in [0.5, 0.6) is 0 Å². The van der Waals surface area contributed by atoms with Crippen molar-refractivity contribution in [2.24, 2.45) is 0 Å². The fourth-order valence-corrected chi connectivity index (χ4v) is 1.47. The molecule has 0 fully saturated rings. The molecule has 0 aliphatic carbocycles. The lowest BCUT2D eigenvalue weighted by Gasteiger charge is -2.08. The highest BCUT2D eigenvalue weighted by molar-refractivity contribution is 5.48. The average Bonchev–Trinajstić information content (AvgIpc) is 2.35. The first kappa shape index (κ1) is 14.4. The van der Waals surface area contributed by atoms with E-state index in [1.54, 1.807) is 6.92 Å². The summed E-state index contributed by atoms with van der Waals surface area (Å²) >= 11 is 0. The highest BCUT2D eigenvalue weighted by atomic mass is 16.6. The quantitative estimate of drug-likeness (QED) is 0.437. The Morgan fingerprint density at radius 1 is 1.50 bits per heavy atom. The van der Waals surface area contributed by atoms with Crippen LogP contribution in [-0.4, -0.2) is 29.7 Å². The molecule has 1 N–H and O–H groups in total. The topological polar surface area (TPSA) is 77.3 Å². The van der Waals surface area contributed by atoms with Gasteiger partial charge in [0.05, 0.1) is 4.92 Å². The van der Waals surface area contributed by atoms with Crippen molar-refractivity contribution in [1.29, 1.82) is 0 Å². The molecule has 18 heavy (non-hydrogen) atoms. The van der Waals surface area contributed by atoms with Gasteiger partial charge in [-0.25, -0.2) is 4.98 Å². The van der Waals surface area contributed by atoms with Crippen LogP contribution in [0.3, 0.4) is 0 Å². The summed E-state index contributed by atoms with van der Waals surface area (Å²) in [5, 5.41) is 13.7. The zero-order chi connectivity index (χ0) is 13.4. The summed E-state index contributed by atoms with van der Waals surface area (Å²) < 4.78 is 5.35. The van der Waals surface area contributed by atoms with Crippen LogP contribution in [0.15, 0.2) is 12.3 Å². The molecule has 1 heterocycles. The summed E-state index contributed by atoms with van der Waals surface area (Å²) in [6.07, 6.45) is 3.18. The zero-order valence-electron chi connectivity index (χ0n) is 10.8. The van der Waals surface area contributed by atoms with Crippen LogP contribution in [0.2, 0.25) is 0 Å². The molecule has 0 amide bonds. The molecule has 0 aliphatic heterocycles. The number of ether oxygens (including phenoxy) is 1. The second-order valence-electron chi connectivity index (χ2n) is 4.01. The van der Waals surface area contributed by atoms with Crippen molar-refractivity contribution >= 4 is 11.5 Å². The number of rotatable bonds is 8. The largest absolute Gasteiger partial charge is 0.381 e. The Kier molecular flexibility index (Phi) is 6.07. The lowest BCUT2D eigenvalue weighted by molar-refractivity contribution is -0.385. The van der Waals surface area contributed by atoms with Gasteiger partial charge in [0.25, 0.3) is 5.69 Å². The van der Waals surface area contributed by atoms with E-state index in [1.807, 2.05) is 0 Å². The minimum atomic E-state index is -0.442. The SMILES string of the molecule is CCCOCCCNc1ncc([N+](=O)[O-])cc1C. The maximum Gasteiger partial charge on any atom is 0.287 e. The molecule has 1 aromatic heterocycles. The minimum absolute atomic E-state index is 0.0179. The average molecular weight is 253 g/mol. The standard InChI is InChI=1S/C12H19N3O3/c1-3-6-18-7-4-5-13-12-10(2)8-11(9-14-12)15(16)17/h8-9H,3-7H2,1-2H3,(H,13,14). The smallest absolute Gasteiger partial charge is 0.287 e. The molecule has 6 heteroatoms. The third-order valence-electron chi connectivity index (χ3n) is 2.38. The molecule has 0 aromatic carbocycles. The number of hydrogen-bond donors (Lipinski definition) is 1. The fraction of sp³-hybridized carbons (Fsp3) is 0.583. The Morgan fingerprint density at radius 3 is 2.89 bits per heavy atom. The van der Waals surface area contributed by atoms with Gasteiger partial charge in [-0.15, -0.1) is 0 Å². The van der Waals surface area contributed by atoms with Gasteiger partial charge >= 0.3 is 0 Å². The van der Waals surface area contributed by atoms with Crippen LogP contribution in [0.4, 0.5) is 11.5 Å². The normalized spacial score (nSPS) is 10.3. The van der Waals surface area contributed by atoms with E-state index in [9.17, 15) is 10.1 Å². The van der Waals surface area contributed by atoms with E-state index in [2.05, 4.69) is 17.2 Å². The molecule has 0 radical (unpaired) electrons. The van der Waals surface area contributed by atoms with Crippen LogP contribution in [0.1, 0.15) is 25.3 Å². The molecule has 0 spiro atoms. The van der Waals surface area contributed by atoms with E-state index >= 15 is 0 Å². The van der Waals surface area contributed by atoms with Crippen LogP contribution >= 0.6 is 0 Å². The summed E-state index contributed by atoms with van der Waals surface area (Å²) in [4.78, 5) is 14.2. The van der Waals surface area contributed by atoms with E-state index in [-0.39, 0.29) is 5.69 Å². The highest BCUT2D eigenvalue weighted by Gasteiger charge is 2.08. The predicted octanol–water partition coefficient (Wildman–Crippen LogP) is 2.53. The summed E-state index contributed by atoms with van der Waals surface area (Å²) in [5.74, 6) is 0.691. The van der Waals surface area contributed by atoms with Crippen LogP contribution in [0, 0.1) is 17.0 Å². The third kappa shape index (κ3) is 4.67. The first-order valence-corrected chi connectivity index (χ1v) is 6.07. The maximum absolute atomic E-state index is 10.6. The van der Waals surface area contributed by atoms with Gasteiger partial charge in [0.2, 0.25) is 0 Å². The third-order valence-corrected chi connectivity index (χ3v) is 2.38. The molecule has 100 valence electrons. The van der Waals surface area contributed by atoms with Crippen LogP contribution < -0.4 is 5.32 Å². The van der Waals surface area contributed by atoms with Gasteiger partial charge in [-0.05, 0) is 25.3 Å². The van der Waals surface area contributed by atoms with Crippen molar-refractivity contribution in [1.82, 2.24) is 4.98 Å². The van der Waals surface area contributed by atoms with Crippen molar-refractivity contribution < 1.29 is 9.66 Å². The maximum atomic E-state index is 10.6. The minimum Gasteiger partial charge on any atom is -0.381 e. The second kappa shape index (κ2) is 7.60. The monoisotopic (exact) mass is 253 g/mol. The molecule has 0 atom stereocenters. The van der Waals surface area contributed by atoms with Gasteiger partial charge in [0.15, 0.2) is 0 Å². The molecule has 1 rings (SSSR count). The Hall–Kier alpha value is -1.69. The van der Waals surface area contributed by atoms with E-state index in [1.165, 1.54) is 12.3 Å². The molecule has 0 saturated carbocycles. The number of nitrogens with one attached hydrogen (secondary N) is 1. The van der Waals surface area contributed by atoms with Crippen molar-refractivity contribution in [3.63, 3.8) is 0 Å². The van der Waals surface area contributed by atoms with Gasteiger partial charge in [0.1, 0.15) is 12.0 Å². The second-order valence-corrected chi connectivity index (χ2v) is 4.01. The van der Waals surface area contributed by atoms with Crippen molar-refractivity contribution in [2.45, 2.75) is 26.7 Å². The molecule has 0 saturated heterocycles. The van der Waals surface area contributed by atoms with Crippen molar-refractivity contribution in [3.05, 3.63) is 27.9 Å². The van der Waals surface area contributed by atoms with Crippen molar-refractivity contribution in [2.75, 3.05) is 25.1 Å². The van der Waals surface area contributed by atoms with Gasteiger partial charge in [-0.2, -0.15) is 0 Å². The number of aromatic nitrogens is 1. The number of pyridine rings is 1. The lowest BCUT2D eigenvalue weighted by atomic mass is 10.2. The number of aryl methyl sites for hydroxylation is 1. The van der Waals surface area contributed by atoms with E-state index in [0.717, 1.165) is 31.6 Å². The summed E-state index contributed by atoms with van der Waals surface area (Å²) in [5.41, 5.74) is 0.794. The van der Waals surface area contributed by atoms with Gasteiger partial charge in [-0.1, -0.05) is 6.92 Å². The molecule has 0 bridgehead atoms. The van der Waals surface area contributed by atoms with Crippen LogP contribution in [0.25, 0.3) is 0 Å². The van der Waals surface area contributed by atoms with E-state index < -0.39 is 4.92 Å².